The van der Waals surface area contributed by atoms with Crippen LogP contribution in [0.1, 0.15) is 49.0 Å². The zero-order valence-electron chi connectivity index (χ0n) is 12.2. The molecule has 19 heavy (non-hydrogen) atoms. The van der Waals surface area contributed by atoms with Gasteiger partial charge < -0.3 is 9.84 Å². The van der Waals surface area contributed by atoms with Crippen molar-refractivity contribution in [1.29, 1.82) is 0 Å². The van der Waals surface area contributed by atoms with Crippen LogP contribution in [-0.4, -0.2) is 10.1 Å². The predicted molar refractivity (Wildman–Crippen MR) is 78.8 cm³/mol. The molecule has 4 nitrogen and oxygen atoms in total. The highest BCUT2D eigenvalue weighted by Crippen LogP contribution is 2.28. The lowest BCUT2D eigenvalue weighted by molar-refractivity contribution is 0.383. The van der Waals surface area contributed by atoms with E-state index < -0.39 is 0 Å². The van der Waals surface area contributed by atoms with Gasteiger partial charge in [-0.25, -0.2) is 4.98 Å². The van der Waals surface area contributed by atoms with Gasteiger partial charge in [-0.1, -0.05) is 32.9 Å². The molecule has 5 heteroatoms. The molecule has 0 atom stereocenters. The maximum absolute atomic E-state index is 5.27. The number of hydrogen-bond donors (Lipinski definition) is 1. The number of aryl methyl sites for hydroxylation is 2. The molecule has 0 bridgehead atoms. The van der Waals surface area contributed by atoms with Gasteiger partial charge in [-0.15, -0.1) is 11.3 Å². The van der Waals surface area contributed by atoms with Crippen molar-refractivity contribution in [3.05, 3.63) is 27.5 Å². The summed E-state index contributed by atoms with van der Waals surface area (Å²) in [5, 5.41) is 8.57. The number of anilines is 1. The van der Waals surface area contributed by atoms with Gasteiger partial charge in [-0.2, -0.15) is 0 Å². The van der Waals surface area contributed by atoms with E-state index in [1.807, 2.05) is 13.1 Å². The zero-order valence-corrected chi connectivity index (χ0v) is 13.0. The van der Waals surface area contributed by atoms with E-state index in [-0.39, 0.29) is 5.41 Å². The fraction of sp³-hybridized carbons (Fsp3) is 0.571. The van der Waals surface area contributed by atoms with Crippen LogP contribution in [0.25, 0.3) is 0 Å². The number of nitrogens with one attached hydrogen (secondary N) is 1. The molecule has 104 valence electrons. The van der Waals surface area contributed by atoms with E-state index in [4.69, 9.17) is 4.52 Å². The monoisotopic (exact) mass is 279 g/mol. The van der Waals surface area contributed by atoms with E-state index >= 15 is 0 Å². The first kappa shape index (κ1) is 14.1. The van der Waals surface area contributed by atoms with Crippen molar-refractivity contribution in [3.63, 3.8) is 0 Å². The molecule has 0 aliphatic carbocycles. The Morgan fingerprint density at radius 3 is 2.68 bits per heavy atom. The van der Waals surface area contributed by atoms with E-state index in [1.54, 1.807) is 11.3 Å². The molecule has 2 rings (SSSR count). The van der Waals surface area contributed by atoms with Crippen LogP contribution in [0, 0.1) is 6.92 Å². The van der Waals surface area contributed by atoms with Crippen molar-refractivity contribution in [2.75, 3.05) is 5.32 Å². The van der Waals surface area contributed by atoms with Crippen LogP contribution in [0.4, 0.5) is 5.69 Å². The molecule has 2 heterocycles. The summed E-state index contributed by atoms with van der Waals surface area (Å²) in [6.45, 7) is 11.3. The minimum absolute atomic E-state index is 0.116. The summed E-state index contributed by atoms with van der Waals surface area (Å²) in [6, 6.07) is 0. The molecular formula is C14H21N3OS. The van der Waals surface area contributed by atoms with Gasteiger partial charge in [0.15, 0.2) is 5.76 Å². The van der Waals surface area contributed by atoms with Gasteiger partial charge in [0.05, 0.1) is 11.6 Å². The Morgan fingerprint density at radius 2 is 2.11 bits per heavy atom. The highest BCUT2D eigenvalue weighted by Gasteiger charge is 2.18. The Morgan fingerprint density at radius 1 is 1.37 bits per heavy atom. The van der Waals surface area contributed by atoms with Gasteiger partial charge in [0.2, 0.25) is 0 Å². The van der Waals surface area contributed by atoms with Crippen LogP contribution in [-0.2, 0) is 18.4 Å². The summed E-state index contributed by atoms with van der Waals surface area (Å²) < 4.78 is 5.27. The lowest BCUT2D eigenvalue weighted by atomic mass is 9.98. The Labute approximate surface area is 118 Å². The Kier molecular flexibility index (Phi) is 3.94. The van der Waals surface area contributed by atoms with E-state index in [2.05, 4.69) is 43.2 Å². The van der Waals surface area contributed by atoms with Crippen LogP contribution >= 0.6 is 11.3 Å². The molecule has 2 aromatic heterocycles. The third-order valence-electron chi connectivity index (χ3n) is 2.89. The molecule has 0 saturated carbocycles. The molecule has 0 fully saturated rings. The normalized spacial score (nSPS) is 11.8. The first-order chi connectivity index (χ1) is 8.91. The Balaban J connectivity index is 2.06. The van der Waals surface area contributed by atoms with Crippen LogP contribution in [0.2, 0.25) is 0 Å². The minimum atomic E-state index is 0.116. The van der Waals surface area contributed by atoms with Crippen molar-refractivity contribution in [1.82, 2.24) is 10.1 Å². The van der Waals surface area contributed by atoms with Crippen LogP contribution < -0.4 is 5.32 Å². The van der Waals surface area contributed by atoms with Crippen molar-refractivity contribution in [2.45, 2.75) is 53.0 Å². The lowest BCUT2D eigenvalue weighted by Crippen LogP contribution is -2.09. The summed E-state index contributed by atoms with van der Waals surface area (Å²) in [6.07, 6.45) is 2.80. The second-order valence-electron chi connectivity index (χ2n) is 5.65. The summed E-state index contributed by atoms with van der Waals surface area (Å²) in [5.41, 5.74) is 2.05. The van der Waals surface area contributed by atoms with Crippen molar-refractivity contribution in [2.24, 2.45) is 0 Å². The van der Waals surface area contributed by atoms with Crippen LogP contribution in [0.5, 0.6) is 0 Å². The molecule has 0 unspecified atom stereocenters. The average Bonchev–Trinajstić information content (AvgIpc) is 2.92. The second kappa shape index (κ2) is 5.33. The maximum atomic E-state index is 5.27. The summed E-state index contributed by atoms with van der Waals surface area (Å²) in [7, 11) is 0. The van der Waals surface area contributed by atoms with Crippen molar-refractivity contribution in [3.8, 4) is 0 Å². The molecule has 1 N–H and O–H groups in total. The second-order valence-corrected chi connectivity index (χ2v) is 6.77. The van der Waals surface area contributed by atoms with Crippen LogP contribution in [0.15, 0.2) is 10.7 Å². The third kappa shape index (κ3) is 3.15. The molecule has 0 aliphatic rings. The van der Waals surface area contributed by atoms with E-state index in [9.17, 15) is 0 Å². The zero-order chi connectivity index (χ0) is 14.0. The van der Waals surface area contributed by atoms with Gasteiger partial charge in [0.25, 0.3) is 0 Å². The molecule has 0 aliphatic heterocycles. The number of aromatic nitrogens is 2. The van der Waals surface area contributed by atoms with Crippen LogP contribution in [0.3, 0.4) is 0 Å². The molecular weight excluding hydrogens is 258 g/mol. The maximum Gasteiger partial charge on any atom is 0.159 e. The van der Waals surface area contributed by atoms with Crippen molar-refractivity contribution >= 4 is 17.0 Å². The molecule has 0 amide bonds. The standard InChI is InChI=1S/C14H21N3OS/c1-6-11-12(9(2)17-18-11)15-7-10-8-16-13(19-10)14(3,4)5/h8,15H,6-7H2,1-5H3. The molecule has 0 aromatic carbocycles. The van der Waals surface area contributed by atoms with E-state index in [0.29, 0.717) is 0 Å². The molecule has 0 radical (unpaired) electrons. The summed E-state index contributed by atoms with van der Waals surface area (Å²) >= 11 is 1.76. The smallest absolute Gasteiger partial charge is 0.159 e. The minimum Gasteiger partial charge on any atom is -0.376 e. The van der Waals surface area contributed by atoms with Gasteiger partial charge in [0.1, 0.15) is 11.4 Å². The number of rotatable bonds is 4. The highest BCUT2D eigenvalue weighted by molar-refractivity contribution is 7.11. The predicted octanol–water partition coefficient (Wildman–Crippen LogP) is 3.91. The summed E-state index contributed by atoms with van der Waals surface area (Å²) in [4.78, 5) is 5.72. The van der Waals surface area contributed by atoms with Gasteiger partial charge in [-0.05, 0) is 6.92 Å². The van der Waals surface area contributed by atoms with E-state index in [1.165, 1.54) is 9.88 Å². The lowest BCUT2D eigenvalue weighted by Gasteiger charge is -2.13. The average molecular weight is 279 g/mol. The third-order valence-corrected chi connectivity index (χ3v) is 4.31. The quantitative estimate of drug-likeness (QED) is 0.922. The first-order valence-electron chi connectivity index (χ1n) is 6.56. The molecule has 0 spiro atoms. The van der Waals surface area contributed by atoms with Gasteiger partial charge in [0, 0.05) is 22.9 Å². The van der Waals surface area contributed by atoms with Crippen molar-refractivity contribution < 1.29 is 4.52 Å². The first-order valence-corrected chi connectivity index (χ1v) is 7.37. The fourth-order valence-corrected chi connectivity index (χ4v) is 2.71. The fourth-order valence-electron chi connectivity index (χ4n) is 1.80. The Bertz CT molecular complexity index is 551. The largest absolute Gasteiger partial charge is 0.376 e. The molecule has 0 saturated heterocycles. The number of hydrogen-bond acceptors (Lipinski definition) is 5. The highest BCUT2D eigenvalue weighted by atomic mass is 32.1. The number of nitrogens with zero attached hydrogens (tertiary/aromatic N) is 2. The van der Waals surface area contributed by atoms with Gasteiger partial charge in [-0.3, -0.25) is 0 Å². The summed E-state index contributed by atoms with van der Waals surface area (Å²) in [5.74, 6) is 0.915. The van der Waals surface area contributed by atoms with Gasteiger partial charge >= 0.3 is 0 Å². The Hall–Kier alpha value is -1.36. The molecule has 2 aromatic rings. The van der Waals surface area contributed by atoms with E-state index in [0.717, 1.165) is 30.1 Å². The number of thiazole rings is 1. The topological polar surface area (TPSA) is 51.0 Å². The SMILES string of the molecule is CCc1onc(C)c1NCc1cnc(C(C)(C)C)s1.